The van der Waals surface area contributed by atoms with Crippen LogP contribution in [-0.2, 0) is 23.4 Å². The van der Waals surface area contributed by atoms with Gasteiger partial charge in [0.2, 0.25) is 0 Å². The van der Waals surface area contributed by atoms with Crippen molar-refractivity contribution in [2.45, 2.75) is 51.7 Å². The average Bonchev–Trinajstić information content (AvgIpc) is 3.25. The maximum atomic E-state index is 13.4. The van der Waals surface area contributed by atoms with Gasteiger partial charge in [-0.25, -0.2) is 14.3 Å². The number of nitrogens with zero attached hydrogens (tertiary/aromatic N) is 4. The molecule has 0 saturated heterocycles. The van der Waals surface area contributed by atoms with E-state index in [9.17, 15) is 14.4 Å². The third kappa shape index (κ3) is 2.78. The molecule has 0 aromatic carbocycles. The number of thiophene rings is 1. The highest BCUT2D eigenvalue weighted by molar-refractivity contribution is 7.18. The first-order valence-electron chi connectivity index (χ1n) is 9.31. The van der Waals surface area contributed by atoms with Crippen LogP contribution in [0.4, 0.5) is 0 Å². The van der Waals surface area contributed by atoms with E-state index < -0.39 is 0 Å². The fraction of sp³-hybridized carbons (Fsp3) is 0.556. The van der Waals surface area contributed by atoms with Crippen molar-refractivity contribution in [2.75, 3.05) is 13.7 Å². The van der Waals surface area contributed by atoms with Gasteiger partial charge < -0.3 is 4.74 Å². The summed E-state index contributed by atoms with van der Waals surface area (Å²) in [5, 5.41) is 4.55. The van der Waals surface area contributed by atoms with Crippen LogP contribution < -0.4 is 16.9 Å². The molecule has 0 radical (unpaired) electrons. The number of aromatic amines is 1. The van der Waals surface area contributed by atoms with Gasteiger partial charge in [-0.15, -0.1) is 11.3 Å². The van der Waals surface area contributed by atoms with E-state index in [0.717, 1.165) is 29.7 Å². The molecule has 10 heteroatoms. The maximum Gasteiger partial charge on any atom is 0.343 e. The molecule has 0 atom stereocenters. The van der Waals surface area contributed by atoms with Crippen LogP contribution in [0.25, 0.3) is 10.2 Å². The van der Waals surface area contributed by atoms with E-state index in [1.165, 1.54) is 26.9 Å². The topological polar surface area (TPSA) is 104 Å². The second kappa shape index (κ2) is 6.85. The lowest BCUT2D eigenvalue weighted by molar-refractivity contribution is 0.186. The van der Waals surface area contributed by atoms with Crippen LogP contribution in [0, 0.1) is 6.92 Å². The van der Waals surface area contributed by atoms with Crippen LogP contribution in [-0.4, -0.2) is 37.6 Å². The second-order valence-electron chi connectivity index (χ2n) is 7.23. The summed E-state index contributed by atoms with van der Waals surface area (Å²) in [5.74, 6) is 0. The van der Waals surface area contributed by atoms with E-state index in [1.807, 2.05) is 13.8 Å². The largest absolute Gasteiger partial charge is 0.383 e. The molecule has 0 unspecified atom stereocenters. The predicted molar refractivity (Wildman–Crippen MR) is 106 cm³/mol. The molecule has 3 aromatic rings. The van der Waals surface area contributed by atoms with Gasteiger partial charge in [0, 0.05) is 12.0 Å². The third-order valence-electron chi connectivity index (χ3n) is 5.70. The van der Waals surface area contributed by atoms with Gasteiger partial charge in [0.1, 0.15) is 11.2 Å². The zero-order valence-corrected chi connectivity index (χ0v) is 17.0. The Hall–Kier alpha value is -2.46. The summed E-state index contributed by atoms with van der Waals surface area (Å²) in [7, 11) is 1.59. The van der Waals surface area contributed by atoms with Crippen LogP contribution >= 0.6 is 11.3 Å². The molecule has 28 heavy (non-hydrogen) atoms. The van der Waals surface area contributed by atoms with Crippen molar-refractivity contribution < 1.29 is 4.74 Å². The molecule has 1 fully saturated rings. The summed E-state index contributed by atoms with van der Waals surface area (Å²) in [5.41, 5.74) is -0.396. The first-order valence-corrected chi connectivity index (χ1v) is 10.1. The van der Waals surface area contributed by atoms with E-state index in [0.29, 0.717) is 23.4 Å². The number of H-pyrrole nitrogens is 1. The molecule has 0 amide bonds. The maximum absolute atomic E-state index is 13.4. The lowest BCUT2D eigenvalue weighted by Gasteiger charge is -2.18. The number of ether oxygens (including phenoxy) is 1. The molecular formula is C18H23N5O4S. The van der Waals surface area contributed by atoms with E-state index in [-0.39, 0.29) is 29.0 Å². The Labute approximate surface area is 164 Å². The van der Waals surface area contributed by atoms with E-state index in [1.54, 1.807) is 11.7 Å². The molecule has 1 aliphatic carbocycles. The van der Waals surface area contributed by atoms with Crippen molar-refractivity contribution >= 4 is 21.6 Å². The standard InChI is InChI=1S/C18H23N5O4S/c1-4-18(5-6-18)23-14(24)13-11(2)12(9-22-16(25)19-10-20-22)28-15(13)21(17(23)26)7-8-27-3/h10H,4-9H2,1-3H3,(H,19,20,25). The van der Waals surface area contributed by atoms with Gasteiger partial charge in [-0.3, -0.25) is 18.9 Å². The normalized spacial score (nSPS) is 15.4. The molecule has 0 spiro atoms. The van der Waals surface area contributed by atoms with Gasteiger partial charge in [-0.05, 0) is 31.7 Å². The van der Waals surface area contributed by atoms with Crippen molar-refractivity contribution in [1.82, 2.24) is 23.9 Å². The molecule has 0 aliphatic heterocycles. The van der Waals surface area contributed by atoms with Crippen molar-refractivity contribution in [1.29, 1.82) is 0 Å². The van der Waals surface area contributed by atoms with Crippen LogP contribution in [0.5, 0.6) is 0 Å². The number of hydrogen-bond donors (Lipinski definition) is 1. The lowest BCUT2D eigenvalue weighted by Crippen LogP contribution is -2.45. The summed E-state index contributed by atoms with van der Waals surface area (Å²) in [6, 6.07) is 0. The lowest BCUT2D eigenvalue weighted by atomic mass is 10.1. The molecule has 9 nitrogen and oxygen atoms in total. The molecule has 4 rings (SSSR count). The van der Waals surface area contributed by atoms with Gasteiger partial charge in [0.15, 0.2) is 0 Å². The highest BCUT2D eigenvalue weighted by atomic mass is 32.1. The first kappa shape index (κ1) is 18.9. The van der Waals surface area contributed by atoms with E-state index >= 15 is 0 Å². The Balaban J connectivity index is 1.98. The minimum Gasteiger partial charge on any atom is -0.383 e. The zero-order valence-electron chi connectivity index (χ0n) is 16.2. The minimum absolute atomic E-state index is 0.234. The van der Waals surface area contributed by atoms with Crippen molar-refractivity contribution in [3.8, 4) is 0 Å². The first-order chi connectivity index (χ1) is 13.4. The number of methoxy groups -OCH3 is 1. The highest BCUT2D eigenvalue weighted by Gasteiger charge is 2.45. The number of nitrogens with one attached hydrogen (secondary N) is 1. The summed E-state index contributed by atoms with van der Waals surface area (Å²) >= 11 is 1.36. The predicted octanol–water partition coefficient (Wildman–Crippen LogP) is 1.01. The number of fused-ring (bicyclic) bond motifs is 1. The van der Waals surface area contributed by atoms with Gasteiger partial charge in [-0.2, -0.15) is 5.10 Å². The Kier molecular flexibility index (Phi) is 4.62. The number of aromatic nitrogens is 5. The number of rotatable bonds is 7. The minimum atomic E-state index is -0.370. The zero-order chi connectivity index (χ0) is 20.1. The summed E-state index contributed by atoms with van der Waals surface area (Å²) in [6.45, 7) is 4.88. The monoisotopic (exact) mass is 405 g/mol. The third-order valence-corrected chi connectivity index (χ3v) is 7.00. The average molecular weight is 405 g/mol. The summed E-state index contributed by atoms with van der Waals surface area (Å²) in [4.78, 5) is 42.4. The van der Waals surface area contributed by atoms with Crippen molar-refractivity contribution in [3.63, 3.8) is 0 Å². The van der Waals surface area contributed by atoms with E-state index in [2.05, 4.69) is 10.1 Å². The fourth-order valence-corrected chi connectivity index (χ4v) is 5.05. The van der Waals surface area contributed by atoms with Crippen LogP contribution in [0.3, 0.4) is 0 Å². The second-order valence-corrected chi connectivity index (χ2v) is 8.31. The molecule has 3 aromatic heterocycles. The molecular weight excluding hydrogens is 382 g/mol. The SMILES string of the molecule is CCC1(n2c(=O)c3c(C)c(Cn4nc[nH]c4=O)sc3n(CCOC)c2=O)CC1. The summed E-state index contributed by atoms with van der Waals surface area (Å²) in [6.07, 6.45) is 3.77. The van der Waals surface area contributed by atoms with E-state index in [4.69, 9.17) is 4.74 Å². The number of aryl methyl sites for hydroxylation is 1. The van der Waals surface area contributed by atoms with Crippen LogP contribution in [0.2, 0.25) is 0 Å². The van der Waals surface area contributed by atoms with Gasteiger partial charge in [-0.1, -0.05) is 6.92 Å². The molecule has 3 heterocycles. The Morgan fingerprint density at radius 1 is 1.32 bits per heavy atom. The number of hydrogen-bond acceptors (Lipinski definition) is 6. The van der Waals surface area contributed by atoms with Gasteiger partial charge >= 0.3 is 11.4 Å². The van der Waals surface area contributed by atoms with Crippen LogP contribution in [0.1, 0.15) is 36.6 Å². The van der Waals surface area contributed by atoms with Gasteiger partial charge in [0.25, 0.3) is 5.56 Å². The summed E-state index contributed by atoms with van der Waals surface area (Å²) < 4.78 is 9.59. The van der Waals surface area contributed by atoms with Crippen molar-refractivity contribution in [3.05, 3.63) is 48.1 Å². The molecule has 1 saturated carbocycles. The van der Waals surface area contributed by atoms with Crippen molar-refractivity contribution in [2.24, 2.45) is 0 Å². The quantitative estimate of drug-likeness (QED) is 0.632. The Morgan fingerprint density at radius 3 is 2.64 bits per heavy atom. The van der Waals surface area contributed by atoms with Crippen LogP contribution in [0.15, 0.2) is 20.7 Å². The Morgan fingerprint density at radius 2 is 2.07 bits per heavy atom. The molecule has 1 N–H and O–H groups in total. The Bertz CT molecular complexity index is 1210. The van der Waals surface area contributed by atoms with Gasteiger partial charge in [0.05, 0.1) is 30.6 Å². The molecule has 0 bridgehead atoms. The smallest absolute Gasteiger partial charge is 0.343 e. The molecule has 1 aliphatic rings. The molecule has 150 valence electrons. The fourth-order valence-electron chi connectivity index (χ4n) is 3.75. The highest BCUT2D eigenvalue weighted by Crippen LogP contribution is 2.45.